The van der Waals surface area contributed by atoms with Gasteiger partial charge in [0.1, 0.15) is 0 Å². The number of hydrogen-bond donors (Lipinski definition) is 1. The summed E-state index contributed by atoms with van der Waals surface area (Å²) in [5.41, 5.74) is 0. The number of alkyl halides is 3. The van der Waals surface area contributed by atoms with Crippen molar-refractivity contribution in [2.24, 2.45) is 0 Å². The van der Waals surface area contributed by atoms with Crippen LogP contribution in [0, 0.1) is 0 Å². The lowest BCUT2D eigenvalue weighted by molar-refractivity contribution is -0.157. The Morgan fingerprint density at radius 2 is 1.92 bits per heavy atom. The summed E-state index contributed by atoms with van der Waals surface area (Å²) in [5.74, 6) is -1.25. The molecule has 0 heterocycles. The highest BCUT2D eigenvalue weighted by Crippen LogP contribution is 2.17. The molecule has 0 spiro atoms. The minimum Gasteiger partial charge on any atom is -0.480 e. The normalized spacial score (nSPS) is 12.5. The van der Waals surface area contributed by atoms with Gasteiger partial charge in [0, 0.05) is 6.04 Å². The summed E-state index contributed by atoms with van der Waals surface area (Å²) >= 11 is 0. The number of carboxylic acids is 1. The largest absolute Gasteiger partial charge is 0.480 e. The topological polar surface area (TPSA) is 40.5 Å². The summed E-state index contributed by atoms with van der Waals surface area (Å²) < 4.78 is 35.6. The molecular weight excluding hydrogens is 187 g/mol. The SMILES string of the molecule is CC(C)N(CC(=O)O)CC(F)(F)F. The predicted molar refractivity (Wildman–Crippen MR) is 40.4 cm³/mol. The Morgan fingerprint density at radius 3 is 2.15 bits per heavy atom. The molecule has 78 valence electrons. The first-order valence-electron chi connectivity index (χ1n) is 3.75. The highest BCUT2D eigenvalue weighted by molar-refractivity contribution is 5.69. The minimum atomic E-state index is -4.35. The van der Waals surface area contributed by atoms with Gasteiger partial charge in [0.15, 0.2) is 0 Å². The molecule has 0 aromatic rings. The van der Waals surface area contributed by atoms with E-state index in [0.717, 1.165) is 4.90 Å². The number of aliphatic carboxylic acids is 1. The van der Waals surface area contributed by atoms with Gasteiger partial charge in [-0.1, -0.05) is 0 Å². The summed E-state index contributed by atoms with van der Waals surface area (Å²) in [6.45, 7) is 1.28. The zero-order chi connectivity index (χ0) is 10.6. The van der Waals surface area contributed by atoms with Crippen molar-refractivity contribution in [2.45, 2.75) is 26.1 Å². The maximum atomic E-state index is 11.9. The van der Waals surface area contributed by atoms with Crippen molar-refractivity contribution in [3.63, 3.8) is 0 Å². The molecule has 0 saturated carbocycles. The second-order valence-corrected chi connectivity index (χ2v) is 3.01. The monoisotopic (exact) mass is 199 g/mol. The molecular formula is C7H12F3NO2. The lowest BCUT2D eigenvalue weighted by Gasteiger charge is -2.25. The van der Waals surface area contributed by atoms with Crippen LogP contribution in [0.25, 0.3) is 0 Å². The molecule has 6 heteroatoms. The highest BCUT2D eigenvalue weighted by Gasteiger charge is 2.32. The molecule has 0 aromatic carbocycles. The third-order valence-corrected chi connectivity index (χ3v) is 1.45. The number of carboxylic acid groups (broad SMARTS) is 1. The van der Waals surface area contributed by atoms with Gasteiger partial charge in [0.05, 0.1) is 13.1 Å². The van der Waals surface area contributed by atoms with Crippen LogP contribution in [0.3, 0.4) is 0 Å². The summed E-state index contributed by atoms with van der Waals surface area (Å²) in [6, 6.07) is -0.433. The third kappa shape index (κ3) is 6.39. The van der Waals surface area contributed by atoms with Gasteiger partial charge in [-0.3, -0.25) is 9.69 Å². The summed E-state index contributed by atoms with van der Waals surface area (Å²) in [5, 5.41) is 8.32. The van der Waals surface area contributed by atoms with Crippen molar-refractivity contribution in [3.05, 3.63) is 0 Å². The molecule has 0 saturated heterocycles. The van der Waals surface area contributed by atoms with E-state index in [-0.39, 0.29) is 0 Å². The molecule has 0 rings (SSSR count). The Balaban J connectivity index is 4.19. The van der Waals surface area contributed by atoms with Gasteiger partial charge in [0.2, 0.25) is 0 Å². The molecule has 0 aromatic heterocycles. The van der Waals surface area contributed by atoms with Crippen LogP contribution in [-0.2, 0) is 4.79 Å². The molecule has 13 heavy (non-hydrogen) atoms. The summed E-state index contributed by atoms with van der Waals surface area (Å²) in [6.07, 6.45) is -4.35. The average molecular weight is 199 g/mol. The second kappa shape index (κ2) is 4.45. The number of halogens is 3. The Kier molecular flexibility index (Phi) is 4.19. The molecule has 0 amide bonds. The number of rotatable bonds is 4. The lowest BCUT2D eigenvalue weighted by atomic mass is 10.3. The molecule has 0 unspecified atom stereocenters. The fraction of sp³-hybridized carbons (Fsp3) is 0.857. The van der Waals surface area contributed by atoms with E-state index in [0.29, 0.717) is 0 Å². The van der Waals surface area contributed by atoms with Crippen molar-refractivity contribution in [1.29, 1.82) is 0 Å². The van der Waals surface area contributed by atoms with Gasteiger partial charge in [-0.05, 0) is 13.8 Å². The first kappa shape index (κ1) is 12.2. The fourth-order valence-corrected chi connectivity index (χ4v) is 0.825. The van der Waals surface area contributed by atoms with E-state index >= 15 is 0 Å². The van der Waals surface area contributed by atoms with Crippen molar-refractivity contribution in [3.8, 4) is 0 Å². The first-order valence-corrected chi connectivity index (χ1v) is 3.75. The second-order valence-electron chi connectivity index (χ2n) is 3.01. The highest BCUT2D eigenvalue weighted by atomic mass is 19.4. The van der Waals surface area contributed by atoms with Gasteiger partial charge < -0.3 is 5.11 Å². The van der Waals surface area contributed by atoms with Crippen molar-refractivity contribution in [2.75, 3.05) is 13.1 Å². The molecule has 0 radical (unpaired) electrons. The van der Waals surface area contributed by atoms with E-state index in [2.05, 4.69) is 0 Å². The Labute approximate surface area is 74.1 Å². The van der Waals surface area contributed by atoms with E-state index in [1.54, 1.807) is 0 Å². The van der Waals surface area contributed by atoms with Crippen LogP contribution >= 0.6 is 0 Å². The molecule has 0 aliphatic rings. The number of carbonyl (C=O) groups is 1. The smallest absolute Gasteiger partial charge is 0.401 e. The van der Waals surface area contributed by atoms with Gasteiger partial charge in [-0.25, -0.2) is 0 Å². The summed E-state index contributed by atoms with van der Waals surface area (Å²) in [7, 11) is 0. The van der Waals surface area contributed by atoms with E-state index in [1.807, 2.05) is 0 Å². The third-order valence-electron chi connectivity index (χ3n) is 1.45. The molecule has 3 nitrogen and oxygen atoms in total. The molecule has 0 fully saturated rings. The van der Waals surface area contributed by atoms with E-state index in [1.165, 1.54) is 13.8 Å². The van der Waals surface area contributed by atoms with Crippen molar-refractivity contribution >= 4 is 5.97 Å². The Morgan fingerprint density at radius 1 is 1.46 bits per heavy atom. The van der Waals surface area contributed by atoms with Gasteiger partial charge >= 0.3 is 12.1 Å². The quantitative estimate of drug-likeness (QED) is 0.742. The molecule has 0 aliphatic heterocycles. The van der Waals surface area contributed by atoms with Crippen LogP contribution in [-0.4, -0.2) is 41.3 Å². The number of nitrogens with zero attached hydrogens (tertiary/aromatic N) is 1. The molecule has 0 bridgehead atoms. The number of hydrogen-bond acceptors (Lipinski definition) is 2. The first-order chi connectivity index (χ1) is 5.72. The van der Waals surface area contributed by atoms with Crippen molar-refractivity contribution in [1.82, 2.24) is 4.90 Å². The molecule has 0 atom stereocenters. The molecule has 0 aliphatic carbocycles. The maximum Gasteiger partial charge on any atom is 0.401 e. The molecule has 1 N–H and O–H groups in total. The van der Waals surface area contributed by atoms with Crippen LogP contribution < -0.4 is 0 Å². The fourth-order valence-electron chi connectivity index (χ4n) is 0.825. The van der Waals surface area contributed by atoms with Gasteiger partial charge in [0.25, 0.3) is 0 Å². The summed E-state index contributed by atoms with van der Waals surface area (Å²) in [4.78, 5) is 11.0. The van der Waals surface area contributed by atoms with Gasteiger partial charge in [-0.2, -0.15) is 13.2 Å². The predicted octanol–water partition coefficient (Wildman–Crippen LogP) is 1.34. The zero-order valence-electron chi connectivity index (χ0n) is 7.43. The Hall–Kier alpha value is -0.780. The van der Waals surface area contributed by atoms with Gasteiger partial charge in [-0.15, -0.1) is 0 Å². The standard InChI is InChI=1S/C7H12F3NO2/c1-5(2)11(3-6(12)13)4-7(8,9)10/h5H,3-4H2,1-2H3,(H,12,13). The van der Waals surface area contributed by atoms with Crippen LogP contribution in [0.15, 0.2) is 0 Å². The van der Waals surface area contributed by atoms with Crippen LogP contribution in [0.2, 0.25) is 0 Å². The average Bonchev–Trinajstić information content (AvgIpc) is 1.81. The van der Waals surface area contributed by atoms with Crippen LogP contribution in [0.5, 0.6) is 0 Å². The van der Waals surface area contributed by atoms with Crippen LogP contribution in [0.1, 0.15) is 13.8 Å². The van der Waals surface area contributed by atoms with Crippen molar-refractivity contribution < 1.29 is 23.1 Å². The lowest BCUT2D eigenvalue weighted by Crippen LogP contribution is -2.42. The van der Waals surface area contributed by atoms with E-state index in [4.69, 9.17) is 5.11 Å². The van der Waals surface area contributed by atoms with E-state index in [9.17, 15) is 18.0 Å². The Bertz CT molecular complexity index is 179. The van der Waals surface area contributed by atoms with Crippen LogP contribution in [0.4, 0.5) is 13.2 Å². The van der Waals surface area contributed by atoms with E-state index < -0.39 is 31.3 Å². The minimum absolute atomic E-state index is 0.433. The zero-order valence-corrected chi connectivity index (χ0v) is 7.43. The maximum absolute atomic E-state index is 11.9.